The maximum atomic E-state index is 14.1. The Bertz CT molecular complexity index is 1650. The smallest absolute Gasteiger partial charge is 0.195 e. The van der Waals surface area contributed by atoms with Gasteiger partial charge in [0.15, 0.2) is 5.78 Å². The normalized spacial score (nSPS) is 13.1. The number of carbonyl (C=O) groups is 1. The van der Waals surface area contributed by atoms with Gasteiger partial charge in [-0.25, -0.2) is 0 Å². The summed E-state index contributed by atoms with van der Waals surface area (Å²) in [6.07, 6.45) is 0. The molecule has 0 unspecified atom stereocenters. The summed E-state index contributed by atoms with van der Waals surface area (Å²) in [5, 5.41) is 6.40. The summed E-state index contributed by atoms with van der Waals surface area (Å²) in [5.41, 5.74) is 3.39. The molecule has 0 heterocycles. The highest BCUT2D eigenvalue weighted by Crippen LogP contribution is 2.30. The van der Waals surface area contributed by atoms with Crippen LogP contribution in [0.4, 0.5) is 0 Å². The molecule has 0 fully saturated rings. The molecule has 0 saturated carbocycles. The molecule has 2 heteroatoms. The van der Waals surface area contributed by atoms with Crippen molar-refractivity contribution >= 4 is 38.5 Å². The summed E-state index contributed by atoms with van der Waals surface area (Å²) >= 11 is 0. The van der Waals surface area contributed by atoms with Crippen LogP contribution in [0.2, 0.25) is 0 Å². The SMILES string of the molecule is COc1ccc2c(c1)c1c(c3ccccc32)=C(c2ccccc2)C(=O)C=1c1ccccc1. The Balaban J connectivity index is 1.96. The van der Waals surface area contributed by atoms with Crippen molar-refractivity contribution in [1.29, 1.82) is 0 Å². The van der Waals surface area contributed by atoms with Gasteiger partial charge in [-0.3, -0.25) is 4.79 Å². The fourth-order valence-corrected chi connectivity index (χ4v) is 4.93. The molecular weight excluding hydrogens is 392 g/mol. The number of benzene rings is 5. The van der Waals surface area contributed by atoms with Gasteiger partial charge in [-0.1, -0.05) is 91.0 Å². The molecule has 6 rings (SSSR count). The highest BCUT2D eigenvalue weighted by Gasteiger charge is 2.28. The molecular formula is C30H20O2. The second kappa shape index (κ2) is 7.21. The lowest BCUT2D eigenvalue weighted by atomic mass is 9.95. The van der Waals surface area contributed by atoms with Crippen LogP contribution in [0, 0.1) is 0 Å². The molecule has 0 bridgehead atoms. The third-order valence-corrected chi connectivity index (χ3v) is 6.31. The van der Waals surface area contributed by atoms with Crippen LogP contribution in [0.3, 0.4) is 0 Å². The van der Waals surface area contributed by atoms with Crippen molar-refractivity contribution in [2.75, 3.05) is 7.11 Å². The fourth-order valence-electron chi connectivity index (χ4n) is 4.93. The molecule has 1 aliphatic rings. The molecule has 0 aromatic heterocycles. The van der Waals surface area contributed by atoms with E-state index in [1.54, 1.807) is 7.11 Å². The third kappa shape index (κ3) is 2.63. The van der Waals surface area contributed by atoms with Gasteiger partial charge < -0.3 is 4.74 Å². The Morgan fingerprint density at radius 3 is 1.62 bits per heavy atom. The molecule has 0 spiro atoms. The van der Waals surface area contributed by atoms with Crippen LogP contribution < -0.4 is 15.2 Å². The van der Waals surface area contributed by atoms with Gasteiger partial charge >= 0.3 is 0 Å². The maximum Gasteiger partial charge on any atom is 0.195 e. The Morgan fingerprint density at radius 2 is 1.03 bits per heavy atom. The minimum Gasteiger partial charge on any atom is -0.497 e. The van der Waals surface area contributed by atoms with E-state index in [9.17, 15) is 4.79 Å². The summed E-state index contributed by atoms with van der Waals surface area (Å²) in [4.78, 5) is 14.1. The number of Topliss-reactive ketones (excluding diaryl/α,β-unsaturated/α-hetero) is 1. The fraction of sp³-hybridized carbons (Fsp3) is 0.0333. The highest BCUT2D eigenvalue weighted by atomic mass is 16.5. The summed E-state index contributed by atoms with van der Waals surface area (Å²) in [6.45, 7) is 0. The van der Waals surface area contributed by atoms with Crippen LogP contribution in [-0.2, 0) is 4.79 Å². The lowest BCUT2D eigenvalue weighted by Crippen LogP contribution is -2.27. The first-order valence-corrected chi connectivity index (χ1v) is 10.7. The molecule has 2 nitrogen and oxygen atoms in total. The van der Waals surface area contributed by atoms with E-state index in [4.69, 9.17) is 4.74 Å². The van der Waals surface area contributed by atoms with Crippen LogP contribution in [0.15, 0.2) is 103 Å². The van der Waals surface area contributed by atoms with Gasteiger partial charge in [0.1, 0.15) is 5.75 Å². The first-order valence-electron chi connectivity index (χ1n) is 10.7. The first kappa shape index (κ1) is 18.6. The maximum absolute atomic E-state index is 14.1. The van der Waals surface area contributed by atoms with E-state index < -0.39 is 0 Å². The summed E-state index contributed by atoms with van der Waals surface area (Å²) in [5.74, 6) is 0.848. The zero-order valence-corrected chi connectivity index (χ0v) is 17.6. The van der Waals surface area contributed by atoms with Crippen molar-refractivity contribution < 1.29 is 9.53 Å². The summed E-state index contributed by atoms with van der Waals surface area (Å²) < 4.78 is 5.57. The molecule has 0 saturated heterocycles. The molecule has 0 N–H and O–H groups in total. The number of carbonyl (C=O) groups excluding carboxylic acids is 1. The van der Waals surface area contributed by atoms with Gasteiger partial charge in [0.25, 0.3) is 0 Å². The van der Waals surface area contributed by atoms with Gasteiger partial charge in [0.2, 0.25) is 0 Å². The first-order chi connectivity index (χ1) is 15.8. The predicted octanol–water partition coefficient (Wildman–Crippen LogP) is 4.98. The van der Waals surface area contributed by atoms with E-state index >= 15 is 0 Å². The second-order valence-corrected chi connectivity index (χ2v) is 8.02. The Morgan fingerprint density at radius 1 is 0.531 bits per heavy atom. The van der Waals surface area contributed by atoms with Crippen LogP contribution in [-0.4, -0.2) is 12.9 Å². The second-order valence-electron chi connectivity index (χ2n) is 8.02. The summed E-state index contributed by atoms with van der Waals surface area (Å²) in [7, 11) is 1.68. The van der Waals surface area contributed by atoms with E-state index in [1.807, 2.05) is 72.8 Å². The van der Waals surface area contributed by atoms with Crippen molar-refractivity contribution in [2.24, 2.45) is 0 Å². The van der Waals surface area contributed by atoms with Gasteiger partial charge in [-0.05, 0) is 44.8 Å². The molecule has 5 aromatic carbocycles. The molecule has 0 atom stereocenters. The van der Waals surface area contributed by atoms with Crippen LogP contribution >= 0.6 is 0 Å². The van der Waals surface area contributed by atoms with E-state index in [1.165, 1.54) is 0 Å². The Labute approximate surface area is 185 Å². The number of fused-ring (bicyclic) bond motifs is 6. The zero-order valence-electron chi connectivity index (χ0n) is 17.6. The number of ether oxygens (including phenoxy) is 1. The van der Waals surface area contributed by atoms with Crippen LogP contribution in [0.5, 0.6) is 5.75 Å². The minimum absolute atomic E-state index is 0.0675. The summed E-state index contributed by atoms with van der Waals surface area (Å²) in [6, 6.07) is 34.5. The zero-order chi connectivity index (χ0) is 21.7. The molecule has 0 radical (unpaired) electrons. The number of hydrogen-bond donors (Lipinski definition) is 0. The lowest BCUT2D eigenvalue weighted by Gasteiger charge is -2.09. The van der Waals surface area contributed by atoms with Crippen molar-refractivity contribution in [3.8, 4) is 5.75 Å². The third-order valence-electron chi connectivity index (χ3n) is 6.31. The quantitative estimate of drug-likeness (QED) is 0.391. The standard InChI is InChI=1S/C30H20O2/c1-32-21-16-17-23-22-14-8-9-15-24(22)28-26(19-10-4-2-5-11-19)30(31)27(29(28)25(23)18-21)20-12-6-3-7-13-20/h2-18H,1H3. The number of methoxy groups -OCH3 is 1. The molecule has 0 aliphatic heterocycles. The highest BCUT2D eigenvalue weighted by molar-refractivity contribution is 6.45. The molecule has 32 heavy (non-hydrogen) atoms. The van der Waals surface area contributed by atoms with Gasteiger partial charge in [0, 0.05) is 21.6 Å². The lowest BCUT2D eigenvalue weighted by molar-refractivity contribution is -0.108. The van der Waals surface area contributed by atoms with E-state index in [2.05, 4.69) is 30.3 Å². The average Bonchev–Trinajstić information content (AvgIpc) is 3.18. The van der Waals surface area contributed by atoms with E-state index in [0.717, 1.165) is 60.0 Å². The molecule has 0 amide bonds. The molecule has 5 aromatic rings. The minimum atomic E-state index is 0.0675. The van der Waals surface area contributed by atoms with Crippen molar-refractivity contribution in [2.45, 2.75) is 0 Å². The largest absolute Gasteiger partial charge is 0.497 e. The van der Waals surface area contributed by atoms with Gasteiger partial charge in [-0.2, -0.15) is 0 Å². The monoisotopic (exact) mass is 412 g/mol. The van der Waals surface area contributed by atoms with Crippen molar-refractivity contribution in [1.82, 2.24) is 0 Å². The topological polar surface area (TPSA) is 26.3 Å². The number of ketones is 1. The Kier molecular flexibility index (Phi) is 4.19. The van der Waals surface area contributed by atoms with Crippen molar-refractivity contribution in [3.63, 3.8) is 0 Å². The van der Waals surface area contributed by atoms with Crippen LogP contribution in [0.25, 0.3) is 32.7 Å². The van der Waals surface area contributed by atoms with E-state index in [-0.39, 0.29) is 5.78 Å². The van der Waals surface area contributed by atoms with Crippen LogP contribution in [0.1, 0.15) is 11.1 Å². The predicted molar refractivity (Wildman–Crippen MR) is 130 cm³/mol. The van der Waals surface area contributed by atoms with E-state index in [0.29, 0.717) is 0 Å². The molecule has 152 valence electrons. The average molecular weight is 412 g/mol. The number of hydrogen-bond acceptors (Lipinski definition) is 2. The Hall–Kier alpha value is -4.17. The number of rotatable bonds is 3. The van der Waals surface area contributed by atoms with Gasteiger partial charge in [-0.15, -0.1) is 0 Å². The van der Waals surface area contributed by atoms with Crippen molar-refractivity contribution in [3.05, 3.63) is 125 Å². The van der Waals surface area contributed by atoms with Gasteiger partial charge in [0.05, 0.1) is 7.11 Å². The molecule has 1 aliphatic carbocycles.